The van der Waals surface area contributed by atoms with E-state index in [1.54, 1.807) is 18.2 Å². The molecule has 1 aliphatic rings. The lowest BCUT2D eigenvalue weighted by Gasteiger charge is -2.10. The summed E-state index contributed by atoms with van der Waals surface area (Å²) in [6, 6.07) is 15.9. The highest BCUT2D eigenvalue weighted by Gasteiger charge is 2.28. The van der Waals surface area contributed by atoms with Crippen LogP contribution in [0.4, 0.5) is 4.39 Å². The Labute approximate surface area is 127 Å². The number of amides is 1. The van der Waals surface area contributed by atoms with Gasteiger partial charge in [-0.25, -0.2) is 4.39 Å². The van der Waals surface area contributed by atoms with E-state index in [0.29, 0.717) is 12.0 Å². The Bertz CT molecular complexity index is 701. The van der Waals surface area contributed by atoms with Crippen LogP contribution in [0.1, 0.15) is 17.5 Å². The van der Waals surface area contributed by atoms with Crippen LogP contribution in [0.3, 0.4) is 0 Å². The minimum absolute atomic E-state index is 0.131. The van der Waals surface area contributed by atoms with Crippen LogP contribution in [0.2, 0.25) is 0 Å². The molecule has 1 N–H and O–H groups in total. The predicted molar refractivity (Wildman–Crippen MR) is 80.7 cm³/mol. The highest BCUT2D eigenvalue weighted by Crippen LogP contribution is 2.17. The van der Waals surface area contributed by atoms with Crippen molar-refractivity contribution in [1.29, 1.82) is 0 Å². The van der Waals surface area contributed by atoms with E-state index in [0.717, 1.165) is 11.3 Å². The summed E-state index contributed by atoms with van der Waals surface area (Å²) in [5, 5.41) is 6.64. The Morgan fingerprint density at radius 1 is 1.18 bits per heavy atom. The maximum atomic E-state index is 13.5. The summed E-state index contributed by atoms with van der Waals surface area (Å²) in [6.45, 7) is 0.131. The molecule has 2 aromatic carbocycles. The maximum absolute atomic E-state index is 13.5. The fourth-order valence-corrected chi connectivity index (χ4v) is 2.26. The lowest BCUT2D eigenvalue weighted by molar-refractivity contribution is -0.131. The third kappa shape index (κ3) is 3.14. The number of carbonyl (C=O) groups is 1. The van der Waals surface area contributed by atoms with Crippen molar-refractivity contribution in [2.24, 2.45) is 5.16 Å². The molecule has 0 saturated heterocycles. The molecule has 0 fully saturated rings. The SMILES string of the molecule is O=C(NCc1ccccc1F)[C@@H]1CC(c2ccccc2)=NO1. The van der Waals surface area contributed by atoms with Gasteiger partial charge in [-0.05, 0) is 11.6 Å². The third-order valence-corrected chi connectivity index (χ3v) is 3.48. The van der Waals surface area contributed by atoms with Crippen molar-refractivity contribution >= 4 is 11.6 Å². The largest absolute Gasteiger partial charge is 0.382 e. The zero-order chi connectivity index (χ0) is 15.4. The fraction of sp³-hybridized carbons (Fsp3) is 0.176. The zero-order valence-electron chi connectivity index (χ0n) is 11.8. The summed E-state index contributed by atoms with van der Waals surface area (Å²) in [6.07, 6.45) is -0.255. The van der Waals surface area contributed by atoms with E-state index >= 15 is 0 Å². The van der Waals surface area contributed by atoms with Crippen LogP contribution in [0.25, 0.3) is 0 Å². The summed E-state index contributed by atoms with van der Waals surface area (Å²) in [4.78, 5) is 17.3. The van der Waals surface area contributed by atoms with Gasteiger partial charge in [-0.3, -0.25) is 4.79 Å². The molecule has 2 aromatic rings. The van der Waals surface area contributed by atoms with Gasteiger partial charge < -0.3 is 10.2 Å². The molecule has 0 bridgehead atoms. The van der Waals surface area contributed by atoms with Crippen LogP contribution >= 0.6 is 0 Å². The predicted octanol–water partition coefficient (Wildman–Crippen LogP) is 2.64. The second-order valence-corrected chi connectivity index (χ2v) is 5.01. The third-order valence-electron chi connectivity index (χ3n) is 3.48. The summed E-state index contributed by atoms with van der Waals surface area (Å²) >= 11 is 0. The van der Waals surface area contributed by atoms with Crippen molar-refractivity contribution in [3.05, 3.63) is 71.5 Å². The molecule has 1 atom stereocenters. The Morgan fingerprint density at radius 3 is 2.68 bits per heavy atom. The first-order valence-corrected chi connectivity index (χ1v) is 7.03. The second kappa shape index (κ2) is 6.39. The molecule has 0 aromatic heterocycles. The van der Waals surface area contributed by atoms with E-state index in [2.05, 4.69) is 10.5 Å². The summed E-state index contributed by atoms with van der Waals surface area (Å²) in [5.74, 6) is -0.630. The number of halogens is 1. The van der Waals surface area contributed by atoms with Gasteiger partial charge in [0.15, 0.2) is 0 Å². The average molecular weight is 298 g/mol. The molecule has 22 heavy (non-hydrogen) atoms. The van der Waals surface area contributed by atoms with Crippen molar-refractivity contribution in [3.63, 3.8) is 0 Å². The van der Waals surface area contributed by atoms with Crippen molar-refractivity contribution in [2.45, 2.75) is 19.1 Å². The smallest absolute Gasteiger partial charge is 0.264 e. The number of nitrogens with zero attached hydrogens (tertiary/aromatic N) is 1. The fourth-order valence-electron chi connectivity index (χ4n) is 2.26. The molecule has 1 heterocycles. The topological polar surface area (TPSA) is 50.7 Å². The highest BCUT2D eigenvalue weighted by atomic mass is 19.1. The van der Waals surface area contributed by atoms with Gasteiger partial charge in [-0.2, -0.15) is 0 Å². The molecule has 0 unspecified atom stereocenters. The van der Waals surface area contributed by atoms with Gasteiger partial charge in [0, 0.05) is 18.5 Å². The van der Waals surface area contributed by atoms with Crippen LogP contribution in [0, 0.1) is 5.82 Å². The maximum Gasteiger partial charge on any atom is 0.264 e. The van der Waals surface area contributed by atoms with Gasteiger partial charge >= 0.3 is 0 Å². The van der Waals surface area contributed by atoms with E-state index in [-0.39, 0.29) is 18.3 Å². The lowest BCUT2D eigenvalue weighted by Crippen LogP contribution is -2.34. The first-order valence-electron chi connectivity index (χ1n) is 7.03. The molecular formula is C17H15FN2O2. The molecule has 0 radical (unpaired) electrons. The van der Waals surface area contributed by atoms with Gasteiger partial charge in [-0.1, -0.05) is 53.7 Å². The number of oxime groups is 1. The standard InChI is InChI=1S/C17H15FN2O2/c18-14-9-5-4-8-13(14)11-19-17(21)16-10-15(20-22-16)12-6-2-1-3-7-12/h1-9,16H,10-11H2,(H,19,21)/t16-/m0/s1. The number of hydrogen-bond acceptors (Lipinski definition) is 3. The first-order chi connectivity index (χ1) is 10.7. The minimum Gasteiger partial charge on any atom is -0.382 e. The Hall–Kier alpha value is -2.69. The van der Waals surface area contributed by atoms with Crippen LogP contribution in [-0.2, 0) is 16.2 Å². The van der Waals surface area contributed by atoms with E-state index in [9.17, 15) is 9.18 Å². The van der Waals surface area contributed by atoms with Gasteiger partial charge in [0.25, 0.3) is 5.91 Å². The highest BCUT2D eigenvalue weighted by molar-refractivity contribution is 6.04. The summed E-state index contributed by atoms with van der Waals surface area (Å²) in [5.41, 5.74) is 2.12. The monoisotopic (exact) mass is 298 g/mol. The van der Waals surface area contributed by atoms with Gasteiger partial charge in [0.1, 0.15) is 5.82 Å². The molecule has 112 valence electrons. The molecule has 1 aliphatic heterocycles. The number of carbonyl (C=O) groups excluding carboxylic acids is 1. The minimum atomic E-state index is -0.665. The Balaban J connectivity index is 1.56. The Morgan fingerprint density at radius 2 is 1.91 bits per heavy atom. The average Bonchev–Trinajstić information content (AvgIpc) is 3.05. The van der Waals surface area contributed by atoms with Gasteiger partial charge in [0.2, 0.25) is 6.10 Å². The van der Waals surface area contributed by atoms with Crippen molar-refractivity contribution in [2.75, 3.05) is 0 Å². The second-order valence-electron chi connectivity index (χ2n) is 5.01. The number of hydrogen-bond donors (Lipinski definition) is 1. The number of nitrogens with one attached hydrogen (secondary N) is 1. The molecular weight excluding hydrogens is 283 g/mol. The lowest BCUT2D eigenvalue weighted by atomic mass is 10.0. The first kappa shape index (κ1) is 14.3. The normalized spacial score (nSPS) is 16.8. The molecule has 0 spiro atoms. The van der Waals surface area contributed by atoms with Gasteiger partial charge in [0.05, 0.1) is 5.71 Å². The van der Waals surface area contributed by atoms with E-state index in [4.69, 9.17) is 4.84 Å². The molecule has 4 nitrogen and oxygen atoms in total. The van der Waals surface area contributed by atoms with Crippen LogP contribution < -0.4 is 5.32 Å². The van der Waals surface area contributed by atoms with Crippen LogP contribution in [0.15, 0.2) is 59.8 Å². The van der Waals surface area contributed by atoms with E-state index in [1.807, 2.05) is 30.3 Å². The molecule has 3 rings (SSSR count). The molecule has 0 saturated carbocycles. The molecule has 1 amide bonds. The van der Waals surface area contributed by atoms with E-state index < -0.39 is 6.10 Å². The van der Waals surface area contributed by atoms with E-state index in [1.165, 1.54) is 6.07 Å². The summed E-state index contributed by atoms with van der Waals surface area (Å²) in [7, 11) is 0. The van der Waals surface area contributed by atoms with Crippen molar-refractivity contribution in [1.82, 2.24) is 5.32 Å². The molecule has 5 heteroatoms. The quantitative estimate of drug-likeness (QED) is 0.943. The van der Waals surface area contributed by atoms with Crippen molar-refractivity contribution < 1.29 is 14.0 Å². The van der Waals surface area contributed by atoms with Crippen molar-refractivity contribution in [3.8, 4) is 0 Å². The number of benzene rings is 2. The summed E-state index contributed by atoms with van der Waals surface area (Å²) < 4.78 is 13.5. The number of rotatable bonds is 4. The molecule has 0 aliphatic carbocycles. The van der Waals surface area contributed by atoms with Gasteiger partial charge in [-0.15, -0.1) is 0 Å². The Kier molecular flexibility index (Phi) is 4.14. The van der Waals surface area contributed by atoms with Crippen LogP contribution in [0.5, 0.6) is 0 Å². The van der Waals surface area contributed by atoms with Crippen LogP contribution in [-0.4, -0.2) is 17.7 Å². The zero-order valence-corrected chi connectivity index (χ0v) is 11.8.